The summed E-state index contributed by atoms with van der Waals surface area (Å²) in [6.45, 7) is -2.78. The number of ether oxygens (including phenoxy) is 2. The van der Waals surface area contributed by atoms with E-state index in [-0.39, 0.29) is 65.9 Å². The number of carbonyl (C=O) groups is 4. The van der Waals surface area contributed by atoms with Crippen molar-refractivity contribution in [2.75, 3.05) is 57.4 Å². The molecular formula is C49H40N4O13S2. The van der Waals surface area contributed by atoms with E-state index in [1.165, 1.54) is 27.6 Å². The second-order valence-electron chi connectivity index (χ2n) is 15.2. The highest BCUT2D eigenvalue weighted by atomic mass is 32.1. The molecule has 5 N–H and O–H groups in total. The molecule has 5 heterocycles. The van der Waals surface area contributed by atoms with Gasteiger partial charge in [0.1, 0.15) is 42.5 Å². The van der Waals surface area contributed by atoms with Gasteiger partial charge in [-0.3, -0.25) is 38.8 Å². The molecule has 2 aromatic carbocycles. The van der Waals surface area contributed by atoms with Crippen molar-refractivity contribution in [3.05, 3.63) is 125 Å². The highest BCUT2D eigenvalue weighted by Gasteiger charge is 2.31. The molecule has 0 saturated heterocycles. The van der Waals surface area contributed by atoms with Crippen LogP contribution in [0, 0.1) is 0 Å². The normalized spacial score (nSPS) is 11.3. The predicted molar refractivity (Wildman–Crippen MR) is 255 cm³/mol. The SMILES string of the molecule is O=C(O)CN(CCOCCOc1cc(-c2c3cc(-c4ccncc4)c(=O)c(-c4cccs4)c-3oc3c(-c4cccs4)c(O)c(-c4ccncc4)cc23)ccc1N(CC(=O)O)CC(=O)O)CC(=O)O. The number of anilines is 1. The third kappa shape index (κ3) is 10.2. The van der Waals surface area contributed by atoms with Crippen molar-refractivity contribution >= 4 is 63.2 Å². The number of rotatable bonds is 21. The standard InChI is InChI=1S/C49H40N4O13S2/c54-39(55)24-52(25-40(56)57)15-16-64-17-18-65-36-21-30(5-6-35(36)53(26-41(58)59)27-42(60)61)43-33-22-31(28-7-11-50-12-8-28)46(62)44(37-3-1-19-67-37)48(33)66-49-34(43)23-32(29-9-13-51-14-10-29)47(63)45(49)38-4-2-20-68-38/h1-14,19-23,62H,15-18,24-27H2,(H,54,55)(H,56,57)(H,58,59)(H,60,61). The lowest BCUT2D eigenvalue weighted by atomic mass is 9.86. The summed E-state index contributed by atoms with van der Waals surface area (Å²) in [5.41, 5.74) is 4.17. The van der Waals surface area contributed by atoms with E-state index >= 15 is 0 Å². The van der Waals surface area contributed by atoms with Crippen LogP contribution in [0.2, 0.25) is 0 Å². The molecule has 2 aliphatic rings. The topological polar surface area (TPSA) is 250 Å². The summed E-state index contributed by atoms with van der Waals surface area (Å²) in [5.74, 6) is -4.83. The van der Waals surface area contributed by atoms with E-state index < -0.39 is 50.1 Å². The number of hydrogen-bond donors (Lipinski definition) is 5. The number of thiophene rings is 2. The van der Waals surface area contributed by atoms with Gasteiger partial charge in [-0.15, -0.1) is 22.7 Å². The van der Waals surface area contributed by atoms with Crippen molar-refractivity contribution < 1.29 is 58.6 Å². The fraction of sp³-hybridized carbons (Fsp3) is 0.163. The summed E-state index contributed by atoms with van der Waals surface area (Å²) in [6, 6.07) is 22.7. The lowest BCUT2D eigenvalue weighted by molar-refractivity contribution is -0.142. The van der Waals surface area contributed by atoms with Crippen molar-refractivity contribution in [1.82, 2.24) is 14.9 Å². The number of carboxylic acid groups (broad SMARTS) is 4. The van der Waals surface area contributed by atoms with E-state index in [1.807, 2.05) is 35.0 Å². The molecule has 68 heavy (non-hydrogen) atoms. The van der Waals surface area contributed by atoms with Crippen LogP contribution in [0.15, 0.2) is 124 Å². The number of aromatic hydroxyl groups is 1. The average Bonchev–Trinajstić information content (AvgIpc) is 4.05. The highest BCUT2D eigenvalue weighted by Crippen LogP contribution is 2.53. The van der Waals surface area contributed by atoms with Crippen molar-refractivity contribution in [2.24, 2.45) is 0 Å². The van der Waals surface area contributed by atoms with Gasteiger partial charge in [-0.25, -0.2) is 0 Å². The maximum Gasteiger partial charge on any atom is 0.323 e. The van der Waals surface area contributed by atoms with Crippen LogP contribution in [-0.2, 0) is 23.9 Å². The molecule has 19 heteroatoms. The van der Waals surface area contributed by atoms with Crippen LogP contribution in [0.4, 0.5) is 5.69 Å². The third-order valence-electron chi connectivity index (χ3n) is 10.7. The number of hydrogen-bond acceptors (Lipinski definition) is 15. The number of pyridine rings is 2. The number of fused-ring (bicyclic) bond motifs is 2. The number of aromatic nitrogens is 2. The van der Waals surface area contributed by atoms with E-state index in [1.54, 1.807) is 79.4 Å². The highest BCUT2D eigenvalue weighted by molar-refractivity contribution is 7.14. The number of carboxylic acids is 4. The van der Waals surface area contributed by atoms with E-state index in [0.29, 0.717) is 59.6 Å². The van der Waals surface area contributed by atoms with Crippen LogP contribution in [0.1, 0.15) is 0 Å². The molecule has 0 radical (unpaired) electrons. The van der Waals surface area contributed by atoms with Gasteiger partial charge < -0.3 is 44.3 Å². The minimum absolute atomic E-state index is 0.0198. The Balaban J connectivity index is 1.38. The summed E-state index contributed by atoms with van der Waals surface area (Å²) in [5, 5.41) is 54.7. The van der Waals surface area contributed by atoms with Crippen molar-refractivity contribution in [1.29, 1.82) is 0 Å². The molecule has 1 aliphatic carbocycles. The molecule has 346 valence electrons. The monoisotopic (exact) mass is 956 g/mol. The molecule has 1 aliphatic heterocycles. The van der Waals surface area contributed by atoms with Gasteiger partial charge in [0.15, 0.2) is 5.43 Å². The molecule has 6 aromatic rings. The number of benzene rings is 3. The molecule has 0 unspecified atom stereocenters. The Morgan fingerprint density at radius 2 is 1.21 bits per heavy atom. The van der Waals surface area contributed by atoms with E-state index in [9.17, 15) is 49.5 Å². The Kier molecular flexibility index (Phi) is 14.2. The molecule has 0 saturated carbocycles. The summed E-state index contributed by atoms with van der Waals surface area (Å²) >= 11 is 2.72. The minimum atomic E-state index is -1.30. The van der Waals surface area contributed by atoms with Crippen molar-refractivity contribution in [3.8, 4) is 77.1 Å². The molecule has 8 rings (SSSR count). The molecular weight excluding hydrogens is 917 g/mol. The zero-order valence-electron chi connectivity index (χ0n) is 35.7. The third-order valence-corrected chi connectivity index (χ3v) is 12.5. The zero-order valence-corrected chi connectivity index (χ0v) is 37.4. The Labute approximate surface area is 394 Å². The molecule has 4 aromatic heterocycles. The van der Waals surface area contributed by atoms with Gasteiger partial charge in [-0.2, -0.15) is 0 Å². The van der Waals surface area contributed by atoms with Gasteiger partial charge in [0.05, 0.1) is 43.1 Å². The first kappa shape index (κ1) is 46.6. The van der Waals surface area contributed by atoms with Crippen molar-refractivity contribution in [3.63, 3.8) is 0 Å². The van der Waals surface area contributed by atoms with Crippen LogP contribution in [0.25, 0.3) is 76.6 Å². The van der Waals surface area contributed by atoms with Crippen LogP contribution in [0.3, 0.4) is 0 Å². The average molecular weight is 957 g/mol. The predicted octanol–water partition coefficient (Wildman–Crippen LogP) is 7.69. The summed E-state index contributed by atoms with van der Waals surface area (Å²) in [4.78, 5) is 73.7. The van der Waals surface area contributed by atoms with E-state index in [4.69, 9.17) is 13.9 Å². The Bertz CT molecular complexity index is 3110. The maximum absolute atomic E-state index is 14.8. The van der Waals surface area contributed by atoms with Gasteiger partial charge in [0, 0.05) is 68.7 Å². The lowest BCUT2D eigenvalue weighted by Crippen LogP contribution is -2.37. The van der Waals surface area contributed by atoms with Gasteiger partial charge in [0.2, 0.25) is 0 Å². The van der Waals surface area contributed by atoms with Gasteiger partial charge in [-0.1, -0.05) is 18.2 Å². The fourth-order valence-corrected chi connectivity index (χ4v) is 9.47. The molecule has 0 spiro atoms. The zero-order chi connectivity index (χ0) is 47.9. The van der Waals surface area contributed by atoms with Crippen LogP contribution < -0.4 is 15.1 Å². The Morgan fingerprint density at radius 3 is 1.78 bits per heavy atom. The minimum Gasteiger partial charge on any atom is -0.506 e. The van der Waals surface area contributed by atoms with Gasteiger partial charge in [0.25, 0.3) is 0 Å². The number of phenolic OH excluding ortho intramolecular Hbond substituents is 1. The smallest absolute Gasteiger partial charge is 0.323 e. The molecule has 17 nitrogen and oxygen atoms in total. The molecule has 0 amide bonds. The number of nitrogens with zero attached hydrogens (tertiary/aromatic N) is 4. The first-order valence-electron chi connectivity index (χ1n) is 20.8. The largest absolute Gasteiger partial charge is 0.506 e. The number of aliphatic carboxylic acids is 4. The first-order chi connectivity index (χ1) is 32.9. The van der Waals surface area contributed by atoms with Crippen LogP contribution in [0.5, 0.6) is 11.5 Å². The summed E-state index contributed by atoms with van der Waals surface area (Å²) in [6.07, 6.45) is 6.38. The number of phenols is 1. The summed E-state index contributed by atoms with van der Waals surface area (Å²) < 4.78 is 19.0. The Hall–Kier alpha value is -7.97. The molecule has 0 bridgehead atoms. The second kappa shape index (κ2) is 20.7. The van der Waals surface area contributed by atoms with Crippen LogP contribution >= 0.6 is 22.7 Å². The lowest BCUT2D eigenvalue weighted by Gasteiger charge is -2.25. The Morgan fingerprint density at radius 1 is 0.618 bits per heavy atom. The van der Waals surface area contributed by atoms with Gasteiger partial charge in [-0.05, 0) is 88.1 Å². The van der Waals surface area contributed by atoms with E-state index in [2.05, 4.69) is 9.97 Å². The quantitative estimate of drug-likeness (QED) is 0.0342. The van der Waals surface area contributed by atoms with E-state index in [0.717, 1.165) is 4.90 Å². The first-order valence-corrected chi connectivity index (χ1v) is 22.5. The fourth-order valence-electron chi connectivity index (χ4n) is 7.94. The van der Waals surface area contributed by atoms with Crippen LogP contribution in [-0.4, -0.2) is 117 Å². The van der Waals surface area contributed by atoms with Crippen molar-refractivity contribution in [2.45, 2.75) is 0 Å². The molecule has 0 atom stereocenters. The maximum atomic E-state index is 14.8. The summed E-state index contributed by atoms with van der Waals surface area (Å²) in [7, 11) is 0. The molecule has 0 fully saturated rings. The second-order valence-corrected chi connectivity index (χ2v) is 17.1. The van der Waals surface area contributed by atoms with Gasteiger partial charge >= 0.3 is 23.9 Å².